The molecule has 7 heteroatoms. The predicted molar refractivity (Wildman–Crippen MR) is 111 cm³/mol. The van der Waals surface area contributed by atoms with E-state index in [0.29, 0.717) is 10.9 Å². The van der Waals surface area contributed by atoms with E-state index in [4.69, 9.17) is 0 Å². The average molecular weight is 415 g/mol. The molecule has 2 atom stereocenters. The number of amides is 1. The molecule has 0 saturated heterocycles. The van der Waals surface area contributed by atoms with Gasteiger partial charge in [-0.25, -0.2) is 13.8 Å². The second-order valence-electron chi connectivity index (χ2n) is 6.39. The van der Waals surface area contributed by atoms with Crippen LogP contribution in [0.25, 0.3) is 4.91 Å². The van der Waals surface area contributed by atoms with E-state index in [-0.39, 0.29) is 5.92 Å². The van der Waals surface area contributed by atoms with Gasteiger partial charge in [-0.15, -0.1) is 23.1 Å². The summed E-state index contributed by atoms with van der Waals surface area (Å²) in [4.78, 5) is 17.8. The lowest BCUT2D eigenvalue weighted by Crippen LogP contribution is -2.16. The van der Waals surface area contributed by atoms with Crippen LogP contribution in [0.4, 0.5) is 14.5 Å². The molecule has 142 valence electrons. The molecule has 3 aromatic rings. The highest BCUT2D eigenvalue weighted by molar-refractivity contribution is 8.09. The van der Waals surface area contributed by atoms with Crippen LogP contribution in [-0.2, 0) is 0 Å². The lowest BCUT2D eigenvalue weighted by molar-refractivity contribution is 0.101. The largest absolute Gasteiger partial charge is 0.322 e. The van der Waals surface area contributed by atoms with Crippen LogP contribution in [0.5, 0.6) is 0 Å². The molecule has 2 heterocycles. The summed E-state index contributed by atoms with van der Waals surface area (Å²) in [6, 6.07) is 10.7. The number of aromatic nitrogens is 1. The van der Waals surface area contributed by atoms with Crippen molar-refractivity contribution < 1.29 is 13.6 Å². The molecule has 0 radical (unpaired) electrons. The number of nitrogens with one attached hydrogen (secondary N) is 1. The molecule has 28 heavy (non-hydrogen) atoms. The molecular weight excluding hydrogens is 398 g/mol. The zero-order valence-electron chi connectivity index (χ0n) is 14.9. The fourth-order valence-corrected chi connectivity index (χ4v) is 5.15. The summed E-state index contributed by atoms with van der Waals surface area (Å²) in [5.41, 5.74) is 1.02. The normalized spacial score (nSPS) is 18.8. The lowest BCUT2D eigenvalue weighted by Gasteiger charge is -2.15. The minimum absolute atomic E-state index is 0.234. The summed E-state index contributed by atoms with van der Waals surface area (Å²) in [6.07, 6.45) is 4.02. The van der Waals surface area contributed by atoms with E-state index in [2.05, 4.69) is 23.3 Å². The number of carbonyl (C=O) groups is 1. The van der Waals surface area contributed by atoms with Gasteiger partial charge in [-0.2, -0.15) is 0 Å². The smallest absolute Gasteiger partial charge is 0.261 e. The summed E-state index contributed by atoms with van der Waals surface area (Å²) in [6.45, 7) is 2.17. The number of anilines is 1. The van der Waals surface area contributed by atoms with Crippen molar-refractivity contribution in [3.05, 3.63) is 87.9 Å². The Morgan fingerprint density at radius 3 is 2.46 bits per heavy atom. The van der Waals surface area contributed by atoms with Crippen molar-refractivity contribution in [2.45, 2.75) is 18.1 Å². The van der Waals surface area contributed by atoms with Gasteiger partial charge in [0.15, 0.2) is 0 Å². The Balaban J connectivity index is 1.51. The molecule has 2 aromatic carbocycles. The van der Waals surface area contributed by atoms with Crippen molar-refractivity contribution in [2.24, 2.45) is 0 Å². The van der Waals surface area contributed by atoms with Crippen LogP contribution in [0.15, 0.2) is 60.1 Å². The number of nitrogens with zero attached hydrogens (tertiary/aromatic N) is 1. The molecule has 1 aliphatic heterocycles. The van der Waals surface area contributed by atoms with E-state index in [9.17, 15) is 13.6 Å². The maximum absolute atomic E-state index is 13.8. The van der Waals surface area contributed by atoms with Gasteiger partial charge >= 0.3 is 0 Å². The molecule has 1 N–H and O–H groups in total. The van der Waals surface area contributed by atoms with Gasteiger partial charge in [0.2, 0.25) is 0 Å². The van der Waals surface area contributed by atoms with Crippen molar-refractivity contribution in [3.8, 4) is 0 Å². The van der Waals surface area contributed by atoms with Crippen molar-refractivity contribution >= 4 is 39.6 Å². The number of allylic oxidation sites excluding steroid dienone is 1. The van der Waals surface area contributed by atoms with E-state index in [1.165, 1.54) is 11.0 Å². The maximum Gasteiger partial charge on any atom is 0.261 e. The van der Waals surface area contributed by atoms with Crippen LogP contribution >= 0.6 is 23.1 Å². The SMILES string of the molecule is CC1SC(c2nccs2)=CC1c1ccc(NC(=O)c2c(F)cccc2F)cc1. The third kappa shape index (κ3) is 3.72. The fraction of sp³-hybridized carbons (Fsp3) is 0.143. The first-order valence-electron chi connectivity index (χ1n) is 8.66. The molecule has 0 aliphatic carbocycles. The van der Waals surface area contributed by atoms with Gasteiger partial charge in [-0.05, 0) is 29.8 Å². The molecule has 1 aliphatic rings. The first-order chi connectivity index (χ1) is 13.5. The van der Waals surface area contributed by atoms with Crippen molar-refractivity contribution in [1.29, 1.82) is 0 Å². The van der Waals surface area contributed by atoms with Gasteiger partial charge in [-0.1, -0.05) is 31.2 Å². The molecule has 3 nitrogen and oxygen atoms in total. The highest BCUT2D eigenvalue weighted by Crippen LogP contribution is 2.47. The van der Waals surface area contributed by atoms with Gasteiger partial charge in [-0.3, -0.25) is 4.79 Å². The monoisotopic (exact) mass is 414 g/mol. The fourth-order valence-electron chi connectivity index (χ4n) is 3.14. The first-order valence-corrected chi connectivity index (χ1v) is 10.4. The summed E-state index contributed by atoms with van der Waals surface area (Å²) < 4.78 is 27.5. The number of hydrogen-bond donors (Lipinski definition) is 1. The van der Waals surface area contributed by atoms with Crippen LogP contribution in [0.2, 0.25) is 0 Å². The Kier molecular flexibility index (Phi) is 5.28. The molecule has 2 unspecified atom stereocenters. The highest BCUT2D eigenvalue weighted by atomic mass is 32.2. The molecule has 4 rings (SSSR count). The number of thioether (sulfide) groups is 1. The highest BCUT2D eigenvalue weighted by Gasteiger charge is 2.27. The van der Waals surface area contributed by atoms with Crippen LogP contribution in [-0.4, -0.2) is 16.1 Å². The van der Waals surface area contributed by atoms with Gasteiger partial charge < -0.3 is 5.32 Å². The zero-order chi connectivity index (χ0) is 19.7. The molecule has 0 spiro atoms. The summed E-state index contributed by atoms with van der Waals surface area (Å²) in [5.74, 6) is -2.34. The molecular formula is C21H16F2N2OS2. The maximum atomic E-state index is 13.8. The molecule has 1 aromatic heterocycles. The number of hydrogen-bond acceptors (Lipinski definition) is 4. The van der Waals surface area contributed by atoms with Crippen LogP contribution in [0.1, 0.15) is 33.8 Å². The van der Waals surface area contributed by atoms with E-state index in [1.807, 2.05) is 17.5 Å². The second kappa shape index (κ2) is 7.85. The van der Waals surface area contributed by atoms with E-state index in [1.54, 1.807) is 41.4 Å². The van der Waals surface area contributed by atoms with Crippen molar-refractivity contribution in [1.82, 2.24) is 4.98 Å². The quantitative estimate of drug-likeness (QED) is 0.575. The molecule has 0 bridgehead atoms. The first kappa shape index (κ1) is 18.8. The lowest BCUT2D eigenvalue weighted by atomic mass is 9.95. The van der Waals surface area contributed by atoms with E-state index < -0.39 is 23.1 Å². The average Bonchev–Trinajstić information content (AvgIpc) is 3.32. The summed E-state index contributed by atoms with van der Waals surface area (Å²) >= 11 is 3.42. The van der Waals surface area contributed by atoms with Crippen molar-refractivity contribution in [2.75, 3.05) is 5.32 Å². The predicted octanol–water partition coefficient (Wildman–Crippen LogP) is 5.93. The summed E-state index contributed by atoms with van der Waals surface area (Å²) in [7, 11) is 0. The van der Waals surface area contributed by atoms with E-state index in [0.717, 1.165) is 22.7 Å². The number of carbonyl (C=O) groups excluding carboxylic acids is 1. The second-order valence-corrected chi connectivity index (χ2v) is 8.70. The molecule has 1 amide bonds. The number of thiazole rings is 1. The molecule has 0 saturated carbocycles. The van der Waals surface area contributed by atoms with Crippen LogP contribution < -0.4 is 5.32 Å². The Morgan fingerprint density at radius 2 is 1.82 bits per heavy atom. The zero-order valence-corrected chi connectivity index (χ0v) is 16.5. The van der Waals surface area contributed by atoms with Crippen LogP contribution in [0.3, 0.4) is 0 Å². The summed E-state index contributed by atoms with van der Waals surface area (Å²) in [5, 5.41) is 5.91. The minimum Gasteiger partial charge on any atom is -0.322 e. The number of benzene rings is 2. The minimum atomic E-state index is -0.884. The Morgan fingerprint density at radius 1 is 1.11 bits per heavy atom. The van der Waals surface area contributed by atoms with Gasteiger partial charge in [0.25, 0.3) is 5.91 Å². The van der Waals surface area contributed by atoms with E-state index >= 15 is 0 Å². The Labute approximate surface area is 169 Å². The third-order valence-electron chi connectivity index (χ3n) is 4.54. The third-order valence-corrected chi connectivity index (χ3v) is 6.72. The van der Waals surface area contributed by atoms with Gasteiger partial charge in [0, 0.05) is 33.3 Å². The van der Waals surface area contributed by atoms with Crippen LogP contribution in [0, 0.1) is 11.6 Å². The Hall–Kier alpha value is -2.51. The van der Waals surface area contributed by atoms with Gasteiger partial charge in [0.05, 0.1) is 0 Å². The van der Waals surface area contributed by atoms with Gasteiger partial charge in [0.1, 0.15) is 22.2 Å². The number of halogens is 2. The standard InChI is InChI=1S/C21H16F2N2OS2/c1-12-15(11-18(28-12)21-24-9-10-27-21)13-5-7-14(8-6-13)25-20(26)19-16(22)3-2-4-17(19)23/h2-12,15H,1H3,(H,25,26). The Bertz CT molecular complexity index is 1010. The topological polar surface area (TPSA) is 42.0 Å². The molecule has 0 fully saturated rings. The van der Waals surface area contributed by atoms with Crippen molar-refractivity contribution in [3.63, 3.8) is 0 Å². The number of rotatable bonds is 4.